The van der Waals surface area contributed by atoms with Gasteiger partial charge in [0.05, 0.1) is 5.56 Å². The standard InChI is InChI=1S/C21H21NO3/c1-21(2,3)22-18(23)13-25-20(24)19-16-10-6-4-8-14(16)12-15-9-5-7-11-17(15)19/h4-12H,13H2,1-3H3,(H,22,23). The Morgan fingerprint density at radius 3 is 1.96 bits per heavy atom. The van der Waals surface area contributed by atoms with Crippen LogP contribution >= 0.6 is 0 Å². The zero-order valence-corrected chi connectivity index (χ0v) is 14.6. The van der Waals surface area contributed by atoms with Gasteiger partial charge in [-0.3, -0.25) is 4.79 Å². The van der Waals surface area contributed by atoms with Crippen molar-refractivity contribution in [1.82, 2.24) is 5.32 Å². The average molecular weight is 335 g/mol. The Morgan fingerprint density at radius 2 is 1.44 bits per heavy atom. The fourth-order valence-corrected chi connectivity index (χ4v) is 2.89. The lowest BCUT2D eigenvalue weighted by molar-refractivity contribution is -0.125. The van der Waals surface area contributed by atoms with Crippen molar-refractivity contribution in [2.45, 2.75) is 26.3 Å². The minimum Gasteiger partial charge on any atom is -0.452 e. The second-order valence-electron chi connectivity index (χ2n) is 7.07. The molecule has 0 atom stereocenters. The fraction of sp³-hybridized carbons (Fsp3) is 0.238. The lowest BCUT2D eigenvalue weighted by Crippen LogP contribution is -2.42. The first-order valence-corrected chi connectivity index (χ1v) is 8.24. The van der Waals surface area contributed by atoms with Gasteiger partial charge in [0.25, 0.3) is 5.91 Å². The van der Waals surface area contributed by atoms with E-state index >= 15 is 0 Å². The SMILES string of the molecule is CC(C)(C)NC(=O)COC(=O)c1c2ccccc2cc2ccccc12. The number of esters is 1. The number of carbonyl (C=O) groups is 2. The second kappa shape index (κ2) is 6.55. The molecule has 0 aliphatic rings. The topological polar surface area (TPSA) is 55.4 Å². The second-order valence-corrected chi connectivity index (χ2v) is 7.07. The zero-order valence-electron chi connectivity index (χ0n) is 14.6. The normalized spacial score (nSPS) is 11.5. The Labute approximate surface area is 146 Å². The number of ether oxygens (including phenoxy) is 1. The van der Waals surface area contributed by atoms with Gasteiger partial charge in [-0.2, -0.15) is 0 Å². The van der Waals surface area contributed by atoms with Gasteiger partial charge in [0.15, 0.2) is 6.61 Å². The summed E-state index contributed by atoms with van der Waals surface area (Å²) in [6.07, 6.45) is 0. The molecule has 4 nitrogen and oxygen atoms in total. The van der Waals surface area contributed by atoms with Gasteiger partial charge in [0, 0.05) is 5.54 Å². The van der Waals surface area contributed by atoms with Crippen molar-refractivity contribution in [3.63, 3.8) is 0 Å². The number of hydrogen-bond acceptors (Lipinski definition) is 3. The molecule has 0 aromatic heterocycles. The maximum Gasteiger partial charge on any atom is 0.339 e. The number of carbonyl (C=O) groups excluding carboxylic acids is 2. The number of fused-ring (bicyclic) bond motifs is 2. The van der Waals surface area contributed by atoms with Crippen molar-refractivity contribution >= 4 is 33.4 Å². The quantitative estimate of drug-likeness (QED) is 0.580. The number of rotatable bonds is 3. The molecule has 0 aliphatic carbocycles. The van der Waals surface area contributed by atoms with Gasteiger partial charge in [-0.25, -0.2) is 4.79 Å². The largest absolute Gasteiger partial charge is 0.452 e. The van der Waals surface area contributed by atoms with Crippen LogP contribution in [0.4, 0.5) is 0 Å². The van der Waals surface area contributed by atoms with E-state index < -0.39 is 5.97 Å². The molecule has 0 bridgehead atoms. The molecule has 25 heavy (non-hydrogen) atoms. The van der Waals surface area contributed by atoms with Crippen LogP contribution in [0.2, 0.25) is 0 Å². The van der Waals surface area contributed by atoms with Crippen molar-refractivity contribution in [1.29, 1.82) is 0 Å². The lowest BCUT2D eigenvalue weighted by Gasteiger charge is -2.20. The molecule has 3 aromatic carbocycles. The third-order valence-corrected chi connectivity index (χ3v) is 3.82. The molecule has 4 heteroatoms. The third kappa shape index (κ3) is 3.79. The van der Waals surface area contributed by atoms with Crippen molar-refractivity contribution in [2.24, 2.45) is 0 Å². The van der Waals surface area contributed by atoms with Gasteiger partial charge in [-0.1, -0.05) is 48.5 Å². The van der Waals surface area contributed by atoms with Crippen LogP contribution < -0.4 is 5.32 Å². The molecule has 0 aliphatic heterocycles. The van der Waals surface area contributed by atoms with Gasteiger partial charge < -0.3 is 10.1 Å². The minimum atomic E-state index is -0.489. The van der Waals surface area contributed by atoms with E-state index in [4.69, 9.17) is 4.74 Å². The Balaban J connectivity index is 1.96. The smallest absolute Gasteiger partial charge is 0.339 e. The van der Waals surface area contributed by atoms with Crippen LogP contribution in [0.1, 0.15) is 31.1 Å². The molecule has 128 valence electrons. The summed E-state index contributed by atoms with van der Waals surface area (Å²) in [4.78, 5) is 24.7. The van der Waals surface area contributed by atoms with E-state index in [1.54, 1.807) is 0 Å². The summed E-state index contributed by atoms with van der Waals surface area (Å²) in [5.74, 6) is -0.803. The highest BCUT2D eigenvalue weighted by Crippen LogP contribution is 2.29. The number of benzene rings is 3. The first-order chi connectivity index (χ1) is 11.8. The number of nitrogens with one attached hydrogen (secondary N) is 1. The highest BCUT2D eigenvalue weighted by Gasteiger charge is 2.19. The Hall–Kier alpha value is -2.88. The van der Waals surface area contributed by atoms with Crippen LogP contribution in [-0.4, -0.2) is 24.0 Å². The van der Waals surface area contributed by atoms with Gasteiger partial charge in [-0.15, -0.1) is 0 Å². The first-order valence-electron chi connectivity index (χ1n) is 8.24. The van der Waals surface area contributed by atoms with E-state index in [2.05, 4.69) is 5.32 Å². The minimum absolute atomic E-state index is 0.298. The van der Waals surface area contributed by atoms with Crippen LogP contribution in [-0.2, 0) is 9.53 Å². The van der Waals surface area contributed by atoms with Gasteiger partial charge in [-0.05, 0) is 48.4 Å². The fourth-order valence-electron chi connectivity index (χ4n) is 2.89. The summed E-state index contributed by atoms with van der Waals surface area (Å²) in [6, 6.07) is 17.4. The Morgan fingerprint density at radius 1 is 0.920 bits per heavy atom. The molecule has 0 radical (unpaired) electrons. The molecular weight excluding hydrogens is 314 g/mol. The summed E-state index contributed by atoms with van der Waals surface area (Å²) in [5, 5.41) is 6.36. The lowest BCUT2D eigenvalue weighted by atomic mass is 9.97. The Bertz CT molecular complexity index is 900. The average Bonchev–Trinajstić information content (AvgIpc) is 2.56. The summed E-state index contributed by atoms with van der Waals surface area (Å²) < 4.78 is 5.30. The van der Waals surface area contributed by atoms with Crippen LogP contribution in [0.25, 0.3) is 21.5 Å². The van der Waals surface area contributed by atoms with Gasteiger partial charge in [0.1, 0.15) is 0 Å². The van der Waals surface area contributed by atoms with E-state index in [0.29, 0.717) is 5.56 Å². The van der Waals surface area contributed by atoms with Crippen molar-refractivity contribution < 1.29 is 14.3 Å². The summed E-state index contributed by atoms with van der Waals surface area (Å²) in [6.45, 7) is 5.34. The summed E-state index contributed by atoms with van der Waals surface area (Å²) >= 11 is 0. The van der Waals surface area contributed by atoms with Crippen molar-refractivity contribution in [3.8, 4) is 0 Å². The zero-order chi connectivity index (χ0) is 18.0. The molecule has 3 aromatic rings. The summed E-state index contributed by atoms with van der Waals surface area (Å²) in [5.41, 5.74) is 0.132. The van der Waals surface area contributed by atoms with Crippen molar-refractivity contribution in [2.75, 3.05) is 6.61 Å². The highest BCUT2D eigenvalue weighted by atomic mass is 16.5. The van der Waals surface area contributed by atoms with Crippen LogP contribution in [0.5, 0.6) is 0 Å². The molecule has 3 rings (SSSR count). The van der Waals surface area contributed by atoms with Gasteiger partial charge >= 0.3 is 5.97 Å². The molecule has 0 heterocycles. The van der Waals surface area contributed by atoms with E-state index in [9.17, 15) is 9.59 Å². The molecule has 0 spiro atoms. The molecule has 0 fully saturated rings. The van der Waals surface area contributed by atoms with Gasteiger partial charge in [0.2, 0.25) is 0 Å². The monoisotopic (exact) mass is 335 g/mol. The third-order valence-electron chi connectivity index (χ3n) is 3.82. The van der Waals surface area contributed by atoms with Crippen LogP contribution in [0.3, 0.4) is 0 Å². The maximum atomic E-state index is 12.7. The number of hydrogen-bond donors (Lipinski definition) is 1. The number of amides is 1. The molecule has 0 saturated carbocycles. The van der Waals surface area contributed by atoms with E-state index in [0.717, 1.165) is 21.5 Å². The first kappa shape index (κ1) is 17.0. The molecule has 0 saturated heterocycles. The molecule has 1 N–H and O–H groups in total. The van der Waals surface area contributed by atoms with Crippen LogP contribution in [0.15, 0.2) is 54.6 Å². The highest BCUT2D eigenvalue weighted by molar-refractivity contribution is 6.16. The predicted molar refractivity (Wildman–Crippen MR) is 99.6 cm³/mol. The van der Waals surface area contributed by atoms with Crippen molar-refractivity contribution in [3.05, 3.63) is 60.2 Å². The summed E-state index contributed by atoms with van der Waals surface area (Å²) in [7, 11) is 0. The maximum absolute atomic E-state index is 12.7. The van der Waals surface area contributed by atoms with E-state index in [-0.39, 0.29) is 18.1 Å². The molecular formula is C21H21NO3. The van der Waals surface area contributed by atoms with E-state index in [1.807, 2.05) is 75.4 Å². The molecule has 0 unspecified atom stereocenters. The van der Waals surface area contributed by atoms with E-state index in [1.165, 1.54) is 0 Å². The predicted octanol–water partition coefficient (Wildman–Crippen LogP) is 4.06. The Kier molecular flexibility index (Phi) is 4.45. The van der Waals surface area contributed by atoms with Crippen LogP contribution in [0, 0.1) is 0 Å². The molecule has 1 amide bonds.